The molecule has 17 heavy (non-hydrogen) atoms. The fraction of sp³-hybridized carbons (Fsp3) is 0.154. The number of halogens is 1. The van der Waals surface area contributed by atoms with Crippen LogP contribution in [0.4, 0.5) is 0 Å². The van der Waals surface area contributed by atoms with Crippen molar-refractivity contribution in [2.45, 2.75) is 13.2 Å². The molecular formula is C13H11ClN2O. The molecule has 0 bridgehead atoms. The molecular weight excluding hydrogens is 236 g/mol. The van der Waals surface area contributed by atoms with Crippen LogP contribution in [0.25, 0.3) is 0 Å². The van der Waals surface area contributed by atoms with E-state index in [4.69, 9.17) is 16.3 Å². The van der Waals surface area contributed by atoms with Gasteiger partial charge in [-0.2, -0.15) is 0 Å². The van der Waals surface area contributed by atoms with Crippen molar-refractivity contribution in [1.82, 2.24) is 10.7 Å². The van der Waals surface area contributed by atoms with Crippen LogP contribution in [-0.4, -0.2) is 4.98 Å². The van der Waals surface area contributed by atoms with Crippen molar-refractivity contribution in [2.24, 2.45) is 0 Å². The average Bonchev–Trinajstić information content (AvgIpc) is 2.38. The molecule has 4 heteroatoms. The molecule has 0 amide bonds. The van der Waals surface area contributed by atoms with E-state index in [1.54, 1.807) is 30.6 Å². The minimum absolute atomic E-state index is 0.0943. The zero-order valence-electron chi connectivity index (χ0n) is 9.14. The van der Waals surface area contributed by atoms with E-state index in [-0.39, 0.29) is 6.54 Å². The largest absolute Gasteiger partial charge is 0.489 e. The number of aromatic nitrogens is 1. The molecule has 1 aromatic carbocycles. The van der Waals surface area contributed by atoms with Gasteiger partial charge in [-0.15, -0.1) is 5.73 Å². The molecule has 2 rings (SSSR count). The maximum Gasteiger partial charge on any atom is 0.124 e. The Bertz CT molecular complexity index is 488. The highest BCUT2D eigenvalue weighted by molar-refractivity contribution is 6.30. The van der Waals surface area contributed by atoms with E-state index < -0.39 is 0 Å². The van der Waals surface area contributed by atoms with Crippen LogP contribution in [0.3, 0.4) is 0 Å². The summed E-state index contributed by atoms with van der Waals surface area (Å²) in [5.41, 5.74) is 10.8. The van der Waals surface area contributed by atoms with Crippen molar-refractivity contribution in [3.05, 3.63) is 58.9 Å². The predicted molar refractivity (Wildman–Crippen MR) is 65.9 cm³/mol. The molecule has 1 aromatic heterocycles. The molecule has 2 radical (unpaired) electrons. The van der Waals surface area contributed by atoms with E-state index in [1.165, 1.54) is 0 Å². The van der Waals surface area contributed by atoms with Gasteiger partial charge in [0.25, 0.3) is 0 Å². The molecule has 0 fully saturated rings. The van der Waals surface area contributed by atoms with Crippen molar-refractivity contribution >= 4 is 11.6 Å². The van der Waals surface area contributed by atoms with Crippen molar-refractivity contribution in [3.8, 4) is 5.75 Å². The first-order valence-corrected chi connectivity index (χ1v) is 5.58. The minimum Gasteiger partial charge on any atom is -0.489 e. The molecule has 0 saturated carbocycles. The standard InChI is InChI=1S/C13H11ClN2O/c14-12-3-4-13(11(6-12)7-15)17-9-10-2-1-5-16-8-10/h1-6,8H,7,9H2. The summed E-state index contributed by atoms with van der Waals surface area (Å²) in [5, 5.41) is 0.586. The maximum atomic E-state index is 9.19. The van der Waals surface area contributed by atoms with Gasteiger partial charge in [-0.3, -0.25) is 4.98 Å². The summed E-state index contributed by atoms with van der Waals surface area (Å²) in [6, 6.07) is 8.97. The summed E-state index contributed by atoms with van der Waals surface area (Å²) >= 11 is 5.84. The fourth-order valence-electron chi connectivity index (χ4n) is 1.46. The number of nitrogens with zero attached hydrogens (tertiary/aromatic N) is 2. The van der Waals surface area contributed by atoms with Gasteiger partial charge in [0, 0.05) is 28.5 Å². The fourth-order valence-corrected chi connectivity index (χ4v) is 1.65. The van der Waals surface area contributed by atoms with Gasteiger partial charge in [0.05, 0.1) is 6.54 Å². The SMILES string of the molecule is [N]Cc1cc(Cl)ccc1OCc1cccnc1. The van der Waals surface area contributed by atoms with Crippen molar-refractivity contribution in [2.75, 3.05) is 0 Å². The van der Waals surface area contributed by atoms with Crippen LogP contribution in [0, 0.1) is 0 Å². The van der Waals surface area contributed by atoms with E-state index in [0.29, 0.717) is 22.9 Å². The smallest absolute Gasteiger partial charge is 0.124 e. The number of pyridine rings is 1. The van der Waals surface area contributed by atoms with Gasteiger partial charge in [0.2, 0.25) is 0 Å². The van der Waals surface area contributed by atoms with Crippen LogP contribution in [0.15, 0.2) is 42.7 Å². The Kier molecular flexibility index (Phi) is 3.96. The van der Waals surface area contributed by atoms with Crippen molar-refractivity contribution < 1.29 is 4.74 Å². The molecule has 3 nitrogen and oxygen atoms in total. The average molecular weight is 247 g/mol. The van der Waals surface area contributed by atoms with Crippen molar-refractivity contribution in [3.63, 3.8) is 0 Å². The number of ether oxygens (including phenoxy) is 1. The van der Waals surface area contributed by atoms with E-state index in [9.17, 15) is 5.73 Å². The van der Waals surface area contributed by atoms with E-state index in [1.807, 2.05) is 12.1 Å². The lowest BCUT2D eigenvalue weighted by molar-refractivity contribution is 0.302. The third-order valence-electron chi connectivity index (χ3n) is 2.31. The Morgan fingerprint density at radius 3 is 2.88 bits per heavy atom. The van der Waals surface area contributed by atoms with Gasteiger partial charge < -0.3 is 4.74 Å². The summed E-state index contributed by atoms with van der Waals surface area (Å²) < 4.78 is 5.61. The molecule has 0 aliphatic carbocycles. The summed E-state index contributed by atoms with van der Waals surface area (Å²) in [6.07, 6.45) is 3.46. The lowest BCUT2D eigenvalue weighted by Crippen LogP contribution is -1.99. The lowest BCUT2D eigenvalue weighted by atomic mass is 10.2. The van der Waals surface area contributed by atoms with Crippen LogP contribution in [0.1, 0.15) is 11.1 Å². The lowest BCUT2D eigenvalue weighted by Gasteiger charge is -2.10. The Morgan fingerprint density at radius 2 is 2.18 bits per heavy atom. The molecule has 0 atom stereocenters. The Hall–Kier alpha value is -1.58. The van der Waals surface area contributed by atoms with Crippen molar-refractivity contribution in [1.29, 1.82) is 0 Å². The number of benzene rings is 1. The molecule has 0 unspecified atom stereocenters. The molecule has 1 heterocycles. The third kappa shape index (κ3) is 3.19. The minimum atomic E-state index is -0.0943. The quantitative estimate of drug-likeness (QED) is 0.833. The highest BCUT2D eigenvalue weighted by atomic mass is 35.5. The molecule has 0 saturated heterocycles. The zero-order chi connectivity index (χ0) is 12.1. The van der Waals surface area contributed by atoms with Crippen LogP contribution in [-0.2, 0) is 13.2 Å². The Morgan fingerprint density at radius 1 is 1.29 bits per heavy atom. The van der Waals surface area contributed by atoms with Gasteiger partial charge in [-0.05, 0) is 24.3 Å². The van der Waals surface area contributed by atoms with Crippen LogP contribution in [0.2, 0.25) is 5.02 Å². The Balaban J connectivity index is 2.09. The van der Waals surface area contributed by atoms with Crippen LogP contribution < -0.4 is 10.5 Å². The predicted octanol–water partition coefficient (Wildman–Crippen LogP) is 2.88. The van der Waals surface area contributed by atoms with Gasteiger partial charge in [0.1, 0.15) is 12.4 Å². The highest BCUT2D eigenvalue weighted by Gasteiger charge is 2.04. The summed E-state index contributed by atoms with van der Waals surface area (Å²) in [7, 11) is 0. The molecule has 0 aliphatic rings. The molecule has 0 aliphatic heterocycles. The summed E-state index contributed by atoms with van der Waals surface area (Å²) in [5.74, 6) is 0.640. The first-order chi connectivity index (χ1) is 8.29. The summed E-state index contributed by atoms with van der Waals surface area (Å²) in [4.78, 5) is 4.00. The molecule has 0 spiro atoms. The molecule has 0 N–H and O–H groups in total. The second kappa shape index (κ2) is 5.66. The van der Waals surface area contributed by atoms with Gasteiger partial charge in [-0.1, -0.05) is 17.7 Å². The summed E-state index contributed by atoms with van der Waals surface area (Å²) in [6.45, 7) is 0.325. The van der Waals surface area contributed by atoms with Crippen LogP contribution >= 0.6 is 11.6 Å². The molecule has 2 aromatic rings. The number of hydrogen-bond acceptors (Lipinski definition) is 2. The third-order valence-corrected chi connectivity index (χ3v) is 2.55. The first kappa shape index (κ1) is 11.9. The normalized spacial score (nSPS) is 10.2. The van der Waals surface area contributed by atoms with Gasteiger partial charge in [0.15, 0.2) is 0 Å². The monoisotopic (exact) mass is 246 g/mol. The number of hydrogen-bond donors (Lipinski definition) is 0. The van der Waals surface area contributed by atoms with Gasteiger partial charge >= 0.3 is 0 Å². The Labute approximate surface area is 105 Å². The van der Waals surface area contributed by atoms with E-state index in [0.717, 1.165) is 5.56 Å². The van der Waals surface area contributed by atoms with E-state index >= 15 is 0 Å². The maximum absolute atomic E-state index is 9.19. The van der Waals surface area contributed by atoms with Gasteiger partial charge in [-0.25, -0.2) is 0 Å². The van der Waals surface area contributed by atoms with Crippen LogP contribution in [0.5, 0.6) is 5.75 Å². The zero-order valence-corrected chi connectivity index (χ0v) is 9.89. The first-order valence-electron chi connectivity index (χ1n) is 5.20. The highest BCUT2D eigenvalue weighted by Crippen LogP contribution is 2.23. The number of rotatable bonds is 4. The second-order valence-corrected chi connectivity index (χ2v) is 4.00. The topological polar surface area (TPSA) is 44.4 Å². The second-order valence-electron chi connectivity index (χ2n) is 3.56. The molecule has 86 valence electrons. The van der Waals surface area contributed by atoms with E-state index in [2.05, 4.69) is 4.98 Å².